The molecule has 1 aliphatic rings. The van der Waals surface area contributed by atoms with Crippen molar-refractivity contribution in [2.75, 3.05) is 13.2 Å². The topological polar surface area (TPSA) is 64.6 Å². The Hall–Kier alpha value is -1.26. The molecule has 0 unspecified atom stereocenters. The Morgan fingerprint density at radius 2 is 1.18 bits per heavy atom. The minimum Gasteiger partial charge on any atom is -0.464 e. The molecular weight excluding hydrogens is 414 g/mol. The molecule has 1 fully saturated rings. The van der Waals surface area contributed by atoms with Gasteiger partial charge in [-0.1, -0.05) is 124 Å². The Kier molecular flexibility index (Phi) is 15.5. The summed E-state index contributed by atoms with van der Waals surface area (Å²) >= 11 is 0. The molecule has 0 spiro atoms. The van der Waals surface area contributed by atoms with Gasteiger partial charge in [0, 0.05) is 0 Å². The normalized spacial score (nSPS) is 15.4. The fourth-order valence-electron chi connectivity index (χ4n) is 4.47. The summed E-state index contributed by atoms with van der Waals surface area (Å²) in [7, 11) is 0. The maximum Gasteiger partial charge on any atom is 0.408 e. The van der Waals surface area contributed by atoms with Crippen LogP contribution in [-0.4, -0.2) is 30.8 Å². The zero-order valence-corrected chi connectivity index (χ0v) is 22.3. The number of hydrogen-bond donors (Lipinski definition) is 1. The van der Waals surface area contributed by atoms with Crippen molar-refractivity contribution < 1.29 is 19.1 Å². The summed E-state index contributed by atoms with van der Waals surface area (Å²) in [5.74, 6) is -0.289. The first kappa shape index (κ1) is 29.8. The van der Waals surface area contributed by atoms with Crippen LogP contribution in [0.1, 0.15) is 143 Å². The Morgan fingerprint density at radius 1 is 0.727 bits per heavy atom. The van der Waals surface area contributed by atoms with Gasteiger partial charge in [0.2, 0.25) is 0 Å². The standard InChI is InChI=1S/C28H53NO4/c1-5-6-7-8-9-10-11-12-13-14-15-16-17-20-23-32-25(30)28(21-18-19-22-28)29-26(31)33-24-27(2,3)4/h5-24H2,1-4H3,(H,29,31). The lowest BCUT2D eigenvalue weighted by Gasteiger charge is -2.28. The van der Waals surface area contributed by atoms with E-state index in [1.54, 1.807) is 0 Å². The van der Waals surface area contributed by atoms with Crippen LogP contribution in [0, 0.1) is 5.41 Å². The van der Waals surface area contributed by atoms with Crippen LogP contribution in [0.15, 0.2) is 0 Å². The monoisotopic (exact) mass is 467 g/mol. The Morgan fingerprint density at radius 3 is 1.64 bits per heavy atom. The van der Waals surface area contributed by atoms with E-state index in [9.17, 15) is 9.59 Å². The molecule has 0 radical (unpaired) electrons. The Balaban J connectivity index is 2.06. The van der Waals surface area contributed by atoms with Crippen molar-refractivity contribution in [1.29, 1.82) is 0 Å². The van der Waals surface area contributed by atoms with Crippen LogP contribution >= 0.6 is 0 Å². The molecule has 5 heteroatoms. The highest BCUT2D eigenvalue weighted by molar-refractivity contribution is 5.86. The molecule has 0 bridgehead atoms. The SMILES string of the molecule is CCCCCCCCCCCCCCCCOC(=O)C1(NC(=O)OCC(C)(C)C)CCCC1. The third-order valence-electron chi connectivity index (χ3n) is 6.56. The second kappa shape index (κ2) is 17.2. The van der Waals surface area contributed by atoms with E-state index in [1.807, 2.05) is 20.8 Å². The second-order valence-electron chi connectivity index (χ2n) is 11.3. The van der Waals surface area contributed by atoms with Gasteiger partial charge in [0.05, 0.1) is 13.2 Å². The lowest BCUT2D eigenvalue weighted by atomic mass is 9.98. The molecular formula is C28H53NO4. The first-order chi connectivity index (χ1) is 15.8. The molecule has 0 aromatic heterocycles. The first-order valence-electron chi connectivity index (χ1n) is 13.9. The van der Waals surface area contributed by atoms with Gasteiger partial charge in [-0.2, -0.15) is 0 Å². The van der Waals surface area contributed by atoms with Crippen molar-refractivity contribution in [3.8, 4) is 0 Å². The largest absolute Gasteiger partial charge is 0.464 e. The zero-order valence-electron chi connectivity index (χ0n) is 22.3. The van der Waals surface area contributed by atoms with Crippen LogP contribution < -0.4 is 5.32 Å². The summed E-state index contributed by atoms with van der Waals surface area (Å²) in [5, 5.41) is 2.83. The number of ether oxygens (including phenoxy) is 2. The molecule has 194 valence electrons. The highest BCUT2D eigenvalue weighted by Gasteiger charge is 2.44. The molecule has 1 amide bonds. The smallest absolute Gasteiger partial charge is 0.408 e. The molecule has 1 N–H and O–H groups in total. The fraction of sp³-hybridized carbons (Fsp3) is 0.929. The maximum absolute atomic E-state index is 12.7. The summed E-state index contributed by atoms with van der Waals surface area (Å²) in [6.45, 7) is 9.06. The lowest BCUT2D eigenvalue weighted by Crippen LogP contribution is -2.53. The third-order valence-corrected chi connectivity index (χ3v) is 6.56. The fourth-order valence-corrected chi connectivity index (χ4v) is 4.47. The van der Waals surface area contributed by atoms with Gasteiger partial charge in [-0.05, 0) is 24.7 Å². The Bertz CT molecular complexity index is 520. The van der Waals surface area contributed by atoms with Crippen molar-refractivity contribution in [2.24, 2.45) is 5.41 Å². The van der Waals surface area contributed by atoms with Gasteiger partial charge in [0.1, 0.15) is 5.54 Å². The first-order valence-corrected chi connectivity index (χ1v) is 13.9. The molecule has 0 atom stereocenters. The number of amides is 1. The molecule has 1 saturated carbocycles. The van der Waals surface area contributed by atoms with Gasteiger partial charge >= 0.3 is 12.1 Å². The minimum atomic E-state index is -0.898. The van der Waals surface area contributed by atoms with Crippen LogP contribution in [0.25, 0.3) is 0 Å². The maximum atomic E-state index is 12.7. The molecule has 0 aliphatic heterocycles. The number of carbonyl (C=O) groups is 2. The van der Waals surface area contributed by atoms with Gasteiger partial charge < -0.3 is 14.8 Å². The summed E-state index contributed by atoms with van der Waals surface area (Å²) in [6, 6.07) is 0. The molecule has 0 heterocycles. The average Bonchev–Trinajstić information content (AvgIpc) is 3.24. The molecule has 0 aromatic rings. The van der Waals surface area contributed by atoms with E-state index in [0.717, 1.165) is 25.7 Å². The summed E-state index contributed by atoms with van der Waals surface area (Å²) in [6.07, 6.45) is 20.9. The second-order valence-corrected chi connectivity index (χ2v) is 11.3. The van der Waals surface area contributed by atoms with Gasteiger partial charge in [0.15, 0.2) is 0 Å². The minimum absolute atomic E-state index is 0.103. The number of carbonyl (C=O) groups excluding carboxylic acids is 2. The molecule has 1 rings (SSSR count). The molecule has 0 aromatic carbocycles. The van der Waals surface area contributed by atoms with Gasteiger partial charge in [-0.3, -0.25) is 0 Å². The highest BCUT2D eigenvalue weighted by atomic mass is 16.6. The van der Waals surface area contributed by atoms with Crippen LogP contribution in [0.3, 0.4) is 0 Å². The number of alkyl carbamates (subject to hydrolysis) is 1. The van der Waals surface area contributed by atoms with Gasteiger partial charge in [0.25, 0.3) is 0 Å². The zero-order chi connectivity index (χ0) is 24.4. The quantitative estimate of drug-likeness (QED) is 0.163. The molecule has 33 heavy (non-hydrogen) atoms. The predicted molar refractivity (Wildman–Crippen MR) is 136 cm³/mol. The van der Waals surface area contributed by atoms with E-state index >= 15 is 0 Å². The summed E-state index contributed by atoms with van der Waals surface area (Å²) in [4.78, 5) is 25.0. The number of rotatable bonds is 18. The number of hydrogen-bond acceptors (Lipinski definition) is 4. The van der Waals surface area contributed by atoms with Gasteiger partial charge in [-0.25, -0.2) is 9.59 Å². The van der Waals surface area contributed by atoms with E-state index in [4.69, 9.17) is 9.47 Å². The average molecular weight is 468 g/mol. The van der Waals surface area contributed by atoms with Crippen molar-refractivity contribution in [2.45, 2.75) is 149 Å². The molecule has 1 aliphatic carbocycles. The van der Waals surface area contributed by atoms with Crippen molar-refractivity contribution >= 4 is 12.1 Å². The van der Waals surface area contributed by atoms with E-state index in [-0.39, 0.29) is 11.4 Å². The van der Waals surface area contributed by atoms with Crippen molar-refractivity contribution in [3.63, 3.8) is 0 Å². The lowest BCUT2D eigenvalue weighted by molar-refractivity contribution is -0.151. The van der Waals surface area contributed by atoms with E-state index in [2.05, 4.69) is 12.2 Å². The number of esters is 1. The molecule has 5 nitrogen and oxygen atoms in total. The van der Waals surface area contributed by atoms with E-state index < -0.39 is 11.6 Å². The van der Waals surface area contributed by atoms with Crippen molar-refractivity contribution in [3.05, 3.63) is 0 Å². The van der Waals surface area contributed by atoms with Crippen LogP contribution in [-0.2, 0) is 14.3 Å². The predicted octanol–water partition coefficient (Wildman–Crippen LogP) is 8.10. The molecule has 0 saturated heterocycles. The summed E-state index contributed by atoms with van der Waals surface area (Å²) < 4.78 is 10.9. The van der Waals surface area contributed by atoms with Crippen LogP contribution in [0.2, 0.25) is 0 Å². The Labute approximate surface area is 204 Å². The van der Waals surface area contributed by atoms with E-state index in [0.29, 0.717) is 26.1 Å². The number of unbranched alkanes of at least 4 members (excludes halogenated alkanes) is 13. The van der Waals surface area contributed by atoms with Crippen molar-refractivity contribution in [1.82, 2.24) is 5.32 Å². The van der Waals surface area contributed by atoms with Crippen LogP contribution in [0.4, 0.5) is 4.79 Å². The van der Waals surface area contributed by atoms with Crippen LogP contribution in [0.5, 0.6) is 0 Å². The number of nitrogens with one attached hydrogen (secondary N) is 1. The third kappa shape index (κ3) is 14.6. The van der Waals surface area contributed by atoms with E-state index in [1.165, 1.54) is 77.0 Å². The highest BCUT2D eigenvalue weighted by Crippen LogP contribution is 2.31. The summed E-state index contributed by atoms with van der Waals surface area (Å²) in [5.41, 5.74) is -1.00. The van der Waals surface area contributed by atoms with Gasteiger partial charge in [-0.15, -0.1) is 0 Å².